The van der Waals surface area contributed by atoms with E-state index in [1.165, 1.54) is 12.3 Å². The summed E-state index contributed by atoms with van der Waals surface area (Å²) in [5.41, 5.74) is 0.831. The molecule has 0 aliphatic heterocycles. The molecule has 88 valence electrons. The normalized spacial score (nSPS) is 51.2. The smallest absolute Gasteiger partial charge is 0.0287 e. The topological polar surface area (TPSA) is 0 Å². The Bertz CT molecular complexity index is 220. The zero-order chi connectivity index (χ0) is 11.1. The summed E-state index contributed by atoms with van der Waals surface area (Å²) in [4.78, 5) is 0. The van der Waals surface area contributed by atoms with Gasteiger partial charge in [0.15, 0.2) is 0 Å². The molecule has 0 radical (unpaired) electrons. The lowest BCUT2D eigenvalue weighted by Gasteiger charge is -2.66. The van der Waals surface area contributed by atoms with E-state index in [2.05, 4.69) is 13.8 Å². The molecule has 0 heterocycles. The van der Waals surface area contributed by atoms with Crippen molar-refractivity contribution < 1.29 is 0 Å². The summed E-state index contributed by atoms with van der Waals surface area (Å²) in [6.07, 6.45) is 9.27. The third kappa shape index (κ3) is 1.65. The van der Waals surface area contributed by atoms with E-state index < -0.39 is 0 Å². The molecule has 0 saturated heterocycles. The Labute approximate surface area is 95.8 Å². The van der Waals surface area contributed by atoms with Crippen LogP contribution in [0.3, 0.4) is 0 Å². The fraction of sp³-hybridized carbons (Fsp3) is 1.00. The molecular formula is C15H28. The van der Waals surface area contributed by atoms with Crippen LogP contribution in [0.2, 0.25) is 0 Å². The Balaban J connectivity index is 0.000000404. The minimum absolute atomic E-state index is 0.831. The third-order valence-corrected chi connectivity index (χ3v) is 5.44. The number of hydrogen-bond acceptors (Lipinski definition) is 0. The first kappa shape index (κ1) is 11.5. The van der Waals surface area contributed by atoms with Crippen molar-refractivity contribution in [2.75, 3.05) is 0 Å². The Morgan fingerprint density at radius 3 is 2.33 bits per heavy atom. The second-order valence-electron chi connectivity index (χ2n) is 6.20. The van der Waals surface area contributed by atoms with E-state index in [4.69, 9.17) is 0 Å². The Hall–Kier alpha value is 0. The van der Waals surface area contributed by atoms with Crippen molar-refractivity contribution in [2.24, 2.45) is 29.1 Å². The fourth-order valence-corrected chi connectivity index (χ4v) is 4.89. The van der Waals surface area contributed by atoms with Gasteiger partial charge in [-0.1, -0.05) is 40.5 Å². The maximum Gasteiger partial charge on any atom is -0.0287 e. The molecule has 0 bridgehead atoms. The highest BCUT2D eigenvalue weighted by Crippen LogP contribution is 2.70. The van der Waals surface area contributed by atoms with Crippen LogP contribution in [0.15, 0.2) is 0 Å². The third-order valence-electron chi connectivity index (χ3n) is 5.44. The van der Waals surface area contributed by atoms with Crippen LogP contribution in [0, 0.1) is 29.1 Å². The molecule has 3 fully saturated rings. The van der Waals surface area contributed by atoms with Crippen molar-refractivity contribution in [1.82, 2.24) is 0 Å². The minimum Gasteiger partial charge on any atom is -0.0683 e. The summed E-state index contributed by atoms with van der Waals surface area (Å²) in [5, 5.41) is 0. The van der Waals surface area contributed by atoms with Gasteiger partial charge in [0.05, 0.1) is 0 Å². The molecule has 15 heavy (non-hydrogen) atoms. The van der Waals surface area contributed by atoms with E-state index in [1.807, 2.05) is 13.8 Å². The zero-order valence-electron chi connectivity index (χ0n) is 11.1. The highest BCUT2D eigenvalue weighted by Gasteiger charge is 2.62. The summed E-state index contributed by atoms with van der Waals surface area (Å²) in [6.45, 7) is 8.92. The lowest BCUT2D eigenvalue weighted by Crippen LogP contribution is -2.58. The molecule has 3 aliphatic carbocycles. The van der Waals surface area contributed by atoms with Gasteiger partial charge in [-0.2, -0.15) is 0 Å². The van der Waals surface area contributed by atoms with E-state index in [9.17, 15) is 0 Å². The lowest BCUT2D eigenvalue weighted by atomic mass is 9.39. The standard InChI is InChI=1S/C13H22.C2H6/c1-3-9-4-5-10-7-13(2)8-11(6-9)12(10)13;1-2/h9-12H,3-8H2,1-2H3;1-2H3. The lowest BCUT2D eigenvalue weighted by molar-refractivity contribution is -0.171. The van der Waals surface area contributed by atoms with Crippen LogP contribution in [-0.2, 0) is 0 Å². The van der Waals surface area contributed by atoms with E-state index in [0.717, 1.165) is 23.2 Å². The Morgan fingerprint density at radius 1 is 1.07 bits per heavy atom. The van der Waals surface area contributed by atoms with Crippen molar-refractivity contribution in [1.29, 1.82) is 0 Å². The molecule has 5 unspecified atom stereocenters. The molecule has 0 amide bonds. The van der Waals surface area contributed by atoms with Gasteiger partial charge in [0.25, 0.3) is 0 Å². The Morgan fingerprint density at radius 2 is 1.73 bits per heavy atom. The molecule has 3 aliphatic rings. The maximum absolute atomic E-state index is 2.54. The first-order valence-electron chi connectivity index (χ1n) is 7.23. The van der Waals surface area contributed by atoms with Gasteiger partial charge in [0, 0.05) is 0 Å². The summed E-state index contributed by atoms with van der Waals surface area (Å²) < 4.78 is 0. The van der Waals surface area contributed by atoms with Gasteiger partial charge in [-0.3, -0.25) is 0 Å². The van der Waals surface area contributed by atoms with Gasteiger partial charge in [-0.25, -0.2) is 0 Å². The second kappa shape index (κ2) is 4.11. The van der Waals surface area contributed by atoms with Gasteiger partial charge in [0.1, 0.15) is 0 Å². The molecule has 0 N–H and O–H groups in total. The van der Waals surface area contributed by atoms with Crippen molar-refractivity contribution in [2.45, 2.75) is 66.2 Å². The quantitative estimate of drug-likeness (QED) is 0.576. The summed E-state index contributed by atoms with van der Waals surface area (Å²) in [5.74, 6) is 4.56. The summed E-state index contributed by atoms with van der Waals surface area (Å²) in [6, 6.07) is 0. The number of rotatable bonds is 1. The van der Waals surface area contributed by atoms with Crippen molar-refractivity contribution in [3.63, 3.8) is 0 Å². The van der Waals surface area contributed by atoms with E-state index in [1.54, 1.807) is 32.1 Å². The van der Waals surface area contributed by atoms with Crippen molar-refractivity contribution in [3.8, 4) is 0 Å². The van der Waals surface area contributed by atoms with Gasteiger partial charge in [0.2, 0.25) is 0 Å². The average Bonchev–Trinajstić information content (AvgIpc) is 2.29. The van der Waals surface area contributed by atoms with Crippen LogP contribution >= 0.6 is 0 Å². The first-order valence-corrected chi connectivity index (χ1v) is 7.23. The molecular weight excluding hydrogens is 180 g/mol. The van der Waals surface area contributed by atoms with Crippen LogP contribution in [0.1, 0.15) is 66.2 Å². The fourth-order valence-electron chi connectivity index (χ4n) is 4.89. The van der Waals surface area contributed by atoms with Crippen LogP contribution in [0.4, 0.5) is 0 Å². The predicted octanol–water partition coefficient (Wildman–Crippen LogP) is 4.89. The molecule has 0 aromatic rings. The van der Waals surface area contributed by atoms with Crippen LogP contribution < -0.4 is 0 Å². The molecule has 0 nitrogen and oxygen atoms in total. The highest BCUT2D eigenvalue weighted by atomic mass is 14.7. The summed E-state index contributed by atoms with van der Waals surface area (Å²) >= 11 is 0. The van der Waals surface area contributed by atoms with E-state index >= 15 is 0 Å². The molecule has 3 rings (SSSR count). The predicted molar refractivity (Wildman–Crippen MR) is 66.8 cm³/mol. The van der Waals surface area contributed by atoms with E-state index in [0.29, 0.717) is 0 Å². The molecule has 0 aromatic heterocycles. The van der Waals surface area contributed by atoms with Gasteiger partial charge < -0.3 is 0 Å². The summed E-state index contributed by atoms with van der Waals surface area (Å²) in [7, 11) is 0. The largest absolute Gasteiger partial charge is 0.0683 e. The van der Waals surface area contributed by atoms with Crippen molar-refractivity contribution >= 4 is 0 Å². The molecule has 3 saturated carbocycles. The van der Waals surface area contributed by atoms with Gasteiger partial charge in [-0.05, 0) is 54.8 Å². The Kier molecular flexibility index (Phi) is 3.14. The minimum atomic E-state index is 0.831. The second-order valence-corrected chi connectivity index (χ2v) is 6.20. The SMILES string of the molecule is CC.CCC1CCC2CC3(C)CC(C1)C23. The van der Waals surface area contributed by atoms with Crippen LogP contribution in [0.25, 0.3) is 0 Å². The van der Waals surface area contributed by atoms with Crippen LogP contribution in [-0.4, -0.2) is 0 Å². The van der Waals surface area contributed by atoms with Crippen molar-refractivity contribution in [3.05, 3.63) is 0 Å². The van der Waals surface area contributed by atoms with Gasteiger partial charge >= 0.3 is 0 Å². The first-order chi connectivity index (χ1) is 7.23. The molecule has 5 atom stereocenters. The monoisotopic (exact) mass is 208 g/mol. The highest BCUT2D eigenvalue weighted by molar-refractivity contribution is 5.11. The zero-order valence-corrected chi connectivity index (χ0v) is 11.1. The van der Waals surface area contributed by atoms with Gasteiger partial charge in [-0.15, -0.1) is 0 Å². The average molecular weight is 208 g/mol. The number of hydrogen-bond donors (Lipinski definition) is 0. The molecule has 0 spiro atoms. The molecule has 0 heteroatoms. The van der Waals surface area contributed by atoms with Crippen LogP contribution in [0.5, 0.6) is 0 Å². The maximum atomic E-state index is 2.54. The van der Waals surface area contributed by atoms with E-state index in [-0.39, 0.29) is 0 Å². The molecule has 0 aromatic carbocycles.